The molecule has 1 aliphatic rings. The minimum Gasteiger partial charge on any atom is -0.312 e. The SMILES string of the molecule is CN(C)C(C(=O)Cc1cccc(C(F)(F)F)c1)[C@H]1CCCCN1.Cl. The second-order valence-corrected chi connectivity index (χ2v) is 6.31. The van der Waals surface area contributed by atoms with Crippen molar-refractivity contribution in [2.75, 3.05) is 20.6 Å². The second kappa shape index (κ2) is 8.83. The first-order valence-corrected chi connectivity index (χ1v) is 7.87. The maximum Gasteiger partial charge on any atom is 0.416 e. The van der Waals surface area contributed by atoms with Crippen LogP contribution in [-0.2, 0) is 17.4 Å². The van der Waals surface area contributed by atoms with E-state index in [0.717, 1.165) is 37.9 Å². The summed E-state index contributed by atoms with van der Waals surface area (Å²) in [5.41, 5.74) is -0.299. The number of halogens is 4. The van der Waals surface area contributed by atoms with Gasteiger partial charge in [0.05, 0.1) is 11.6 Å². The molecule has 0 saturated carbocycles. The van der Waals surface area contributed by atoms with Crippen molar-refractivity contribution in [1.29, 1.82) is 0 Å². The highest BCUT2D eigenvalue weighted by Gasteiger charge is 2.32. The van der Waals surface area contributed by atoms with Gasteiger partial charge >= 0.3 is 6.18 Å². The zero-order chi connectivity index (χ0) is 17.0. The maximum absolute atomic E-state index is 12.8. The fourth-order valence-electron chi connectivity index (χ4n) is 3.18. The van der Waals surface area contributed by atoms with Crippen molar-refractivity contribution in [3.05, 3.63) is 35.4 Å². The van der Waals surface area contributed by atoms with Crippen LogP contribution in [0, 0.1) is 0 Å². The molecule has 1 aliphatic heterocycles. The largest absolute Gasteiger partial charge is 0.416 e. The van der Waals surface area contributed by atoms with Gasteiger partial charge in [-0.1, -0.05) is 24.6 Å². The van der Waals surface area contributed by atoms with Gasteiger partial charge in [-0.3, -0.25) is 9.69 Å². The first kappa shape index (κ1) is 20.9. The van der Waals surface area contributed by atoms with Crippen LogP contribution in [0.25, 0.3) is 0 Å². The number of ketones is 1. The third-order valence-electron chi connectivity index (χ3n) is 4.25. The monoisotopic (exact) mass is 364 g/mol. The van der Waals surface area contributed by atoms with E-state index >= 15 is 0 Å². The fourth-order valence-corrected chi connectivity index (χ4v) is 3.18. The molecule has 1 N–H and O–H groups in total. The molecule has 0 bridgehead atoms. The third kappa shape index (κ3) is 5.46. The van der Waals surface area contributed by atoms with E-state index in [4.69, 9.17) is 0 Å². The Morgan fingerprint density at radius 3 is 2.58 bits per heavy atom. The number of likely N-dealkylation sites (N-methyl/N-ethyl adjacent to an activating group) is 1. The number of alkyl halides is 3. The van der Waals surface area contributed by atoms with Gasteiger partial charge in [-0.15, -0.1) is 12.4 Å². The maximum atomic E-state index is 12.8. The minimum absolute atomic E-state index is 0. The number of nitrogens with zero attached hydrogens (tertiary/aromatic N) is 1. The molecule has 1 aromatic rings. The summed E-state index contributed by atoms with van der Waals surface area (Å²) < 4.78 is 38.3. The lowest BCUT2D eigenvalue weighted by atomic mass is 9.91. The molecule has 0 amide bonds. The summed E-state index contributed by atoms with van der Waals surface area (Å²) in [6, 6.07) is 4.78. The quantitative estimate of drug-likeness (QED) is 0.870. The number of hydrogen-bond donors (Lipinski definition) is 1. The lowest BCUT2D eigenvalue weighted by Gasteiger charge is -2.34. The van der Waals surface area contributed by atoms with E-state index in [1.54, 1.807) is 6.07 Å². The zero-order valence-electron chi connectivity index (χ0n) is 13.9. The Labute approximate surface area is 147 Å². The first-order valence-electron chi connectivity index (χ1n) is 7.87. The van der Waals surface area contributed by atoms with Gasteiger partial charge in [-0.05, 0) is 45.1 Å². The summed E-state index contributed by atoms with van der Waals surface area (Å²) in [7, 11) is 3.68. The van der Waals surface area contributed by atoms with Crippen LogP contribution in [0.4, 0.5) is 13.2 Å². The minimum atomic E-state index is -4.38. The van der Waals surface area contributed by atoms with E-state index in [9.17, 15) is 18.0 Å². The van der Waals surface area contributed by atoms with E-state index in [-0.39, 0.29) is 36.7 Å². The third-order valence-corrected chi connectivity index (χ3v) is 4.25. The molecule has 0 radical (unpaired) electrons. The Balaban J connectivity index is 0.00000288. The lowest BCUT2D eigenvalue weighted by Crippen LogP contribution is -2.53. The summed E-state index contributed by atoms with van der Waals surface area (Å²) in [6.07, 6.45) is -1.29. The highest BCUT2D eigenvalue weighted by atomic mass is 35.5. The normalized spacial score (nSPS) is 19.7. The molecule has 136 valence electrons. The van der Waals surface area contributed by atoms with Gasteiger partial charge in [0.15, 0.2) is 5.78 Å². The van der Waals surface area contributed by atoms with Crippen LogP contribution in [0.3, 0.4) is 0 Å². The molecule has 24 heavy (non-hydrogen) atoms. The Morgan fingerprint density at radius 2 is 2.04 bits per heavy atom. The van der Waals surface area contributed by atoms with Crippen LogP contribution < -0.4 is 5.32 Å². The van der Waals surface area contributed by atoms with Gasteiger partial charge in [0.2, 0.25) is 0 Å². The number of carbonyl (C=O) groups is 1. The van der Waals surface area contributed by atoms with Gasteiger partial charge in [0.1, 0.15) is 0 Å². The molecular formula is C17H24ClF3N2O. The van der Waals surface area contributed by atoms with E-state index < -0.39 is 11.7 Å². The van der Waals surface area contributed by atoms with Gasteiger partial charge < -0.3 is 5.32 Å². The van der Waals surface area contributed by atoms with Crippen LogP contribution in [-0.4, -0.2) is 43.4 Å². The first-order chi connectivity index (χ1) is 10.8. The van der Waals surface area contributed by atoms with E-state index in [1.165, 1.54) is 6.07 Å². The van der Waals surface area contributed by atoms with Crippen molar-refractivity contribution in [1.82, 2.24) is 10.2 Å². The Hall–Kier alpha value is -1.11. The summed E-state index contributed by atoms with van der Waals surface area (Å²) in [5.74, 6) is -0.0475. The molecule has 7 heteroatoms. The van der Waals surface area contributed by atoms with Crippen molar-refractivity contribution in [2.45, 2.75) is 43.9 Å². The number of nitrogens with one attached hydrogen (secondary N) is 1. The number of piperidine rings is 1. The van der Waals surface area contributed by atoms with Crippen LogP contribution >= 0.6 is 12.4 Å². The standard InChI is InChI=1S/C17H23F3N2O.ClH/c1-22(2)16(14-8-3-4-9-21-14)15(23)11-12-6-5-7-13(10-12)17(18,19)20;/h5-7,10,14,16,21H,3-4,8-9,11H2,1-2H3;1H/t14-,16?;/m1./s1. The topological polar surface area (TPSA) is 32.3 Å². The van der Waals surface area contributed by atoms with Crippen molar-refractivity contribution in [3.8, 4) is 0 Å². The van der Waals surface area contributed by atoms with Gasteiger partial charge in [-0.2, -0.15) is 13.2 Å². The number of Topliss-reactive ketones (excluding diaryl/α,β-unsaturated/α-hetero) is 1. The highest BCUT2D eigenvalue weighted by molar-refractivity contribution is 5.87. The van der Waals surface area contributed by atoms with Crippen LogP contribution in [0.1, 0.15) is 30.4 Å². The molecule has 0 aromatic heterocycles. The summed E-state index contributed by atoms with van der Waals surface area (Å²) >= 11 is 0. The molecule has 1 heterocycles. The van der Waals surface area contributed by atoms with Crippen LogP contribution in [0.2, 0.25) is 0 Å². The molecule has 1 unspecified atom stereocenters. The number of rotatable bonds is 5. The van der Waals surface area contributed by atoms with Crippen LogP contribution in [0.5, 0.6) is 0 Å². The molecule has 1 aromatic carbocycles. The van der Waals surface area contributed by atoms with E-state index in [0.29, 0.717) is 5.56 Å². The predicted octanol–water partition coefficient (Wildman–Crippen LogP) is 3.31. The number of benzene rings is 1. The van der Waals surface area contributed by atoms with Gasteiger partial charge in [0.25, 0.3) is 0 Å². The number of carbonyl (C=O) groups excluding carboxylic acids is 1. The van der Waals surface area contributed by atoms with E-state index in [2.05, 4.69) is 5.32 Å². The fraction of sp³-hybridized carbons (Fsp3) is 0.588. The molecular weight excluding hydrogens is 341 g/mol. The lowest BCUT2D eigenvalue weighted by molar-refractivity contribution is -0.137. The molecule has 2 rings (SSSR count). The van der Waals surface area contributed by atoms with Crippen molar-refractivity contribution in [3.63, 3.8) is 0 Å². The molecule has 3 nitrogen and oxygen atoms in total. The molecule has 0 aliphatic carbocycles. The van der Waals surface area contributed by atoms with Crippen molar-refractivity contribution in [2.24, 2.45) is 0 Å². The Morgan fingerprint density at radius 1 is 1.33 bits per heavy atom. The molecule has 0 spiro atoms. The predicted molar refractivity (Wildman–Crippen MR) is 90.5 cm³/mol. The Bertz CT molecular complexity index is 543. The average Bonchev–Trinajstić information content (AvgIpc) is 2.47. The second-order valence-electron chi connectivity index (χ2n) is 6.31. The van der Waals surface area contributed by atoms with Crippen LogP contribution in [0.15, 0.2) is 24.3 Å². The summed E-state index contributed by atoms with van der Waals surface area (Å²) in [4.78, 5) is 14.5. The van der Waals surface area contributed by atoms with E-state index in [1.807, 2.05) is 19.0 Å². The summed E-state index contributed by atoms with van der Waals surface area (Å²) in [6.45, 7) is 0.881. The molecule has 1 fully saturated rings. The van der Waals surface area contributed by atoms with Gasteiger partial charge in [-0.25, -0.2) is 0 Å². The summed E-state index contributed by atoms with van der Waals surface area (Å²) in [5, 5.41) is 3.36. The van der Waals surface area contributed by atoms with Crippen molar-refractivity contribution >= 4 is 18.2 Å². The van der Waals surface area contributed by atoms with Gasteiger partial charge in [0, 0.05) is 12.5 Å². The Kier molecular flexibility index (Phi) is 7.70. The highest BCUT2D eigenvalue weighted by Crippen LogP contribution is 2.29. The zero-order valence-corrected chi connectivity index (χ0v) is 14.7. The average molecular weight is 365 g/mol. The smallest absolute Gasteiger partial charge is 0.312 e. The van der Waals surface area contributed by atoms with Crippen molar-refractivity contribution < 1.29 is 18.0 Å². The molecule has 2 atom stereocenters. The molecule has 1 saturated heterocycles. The number of hydrogen-bond acceptors (Lipinski definition) is 3.